The van der Waals surface area contributed by atoms with Crippen LogP contribution in [0, 0.1) is 6.92 Å². The third-order valence-corrected chi connectivity index (χ3v) is 4.83. The van der Waals surface area contributed by atoms with Crippen molar-refractivity contribution in [2.45, 2.75) is 13.3 Å². The molecule has 0 unspecified atom stereocenters. The highest BCUT2D eigenvalue weighted by molar-refractivity contribution is 9.10. The van der Waals surface area contributed by atoms with Crippen LogP contribution in [0.15, 0.2) is 34.8 Å². The van der Waals surface area contributed by atoms with Crippen molar-refractivity contribution in [3.05, 3.63) is 50.1 Å². The Labute approximate surface area is 119 Å². The molecule has 0 aliphatic rings. The molecule has 0 atom stereocenters. The summed E-state index contributed by atoms with van der Waals surface area (Å²) in [6, 6.07) is 9.49. The zero-order valence-corrected chi connectivity index (χ0v) is 12.6. The average molecular weight is 325 g/mol. The minimum absolute atomic E-state index is 0.152. The van der Waals surface area contributed by atoms with Gasteiger partial charge in [-0.25, -0.2) is 0 Å². The fraction of sp³-hybridized carbons (Fsp3) is 0.214. The highest BCUT2D eigenvalue weighted by atomic mass is 79.9. The van der Waals surface area contributed by atoms with E-state index >= 15 is 0 Å². The lowest BCUT2D eigenvalue weighted by Crippen LogP contribution is -2.00. The van der Waals surface area contributed by atoms with Gasteiger partial charge in [-0.05, 0) is 46.6 Å². The number of ether oxygens (including phenoxy) is 1. The Morgan fingerprint density at radius 3 is 2.50 bits per heavy atom. The van der Waals surface area contributed by atoms with Gasteiger partial charge in [0.2, 0.25) is 0 Å². The van der Waals surface area contributed by atoms with Gasteiger partial charge in [0.25, 0.3) is 0 Å². The molecule has 2 nitrogen and oxygen atoms in total. The Balaban J connectivity index is 2.10. The number of ketones is 1. The molecule has 0 amide bonds. The summed E-state index contributed by atoms with van der Waals surface area (Å²) < 4.78 is 6.09. The first kappa shape index (κ1) is 13.3. The van der Waals surface area contributed by atoms with Crippen molar-refractivity contribution in [1.29, 1.82) is 0 Å². The van der Waals surface area contributed by atoms with Crippen molar-refractivity contribution in [3.8, 4) is 5.75 Å². The van der Waals surface area contributed by atoms with E-state index in [1.54, 1.807) is 7.11 Å². The van der Waals surface area contributed by atoms with Gasteiger partial charge < -0.3 is 4.74 Å². The molecule has 1 heterocycles. The van der Waals surface area contributed by atoms with Crippen LogP contribution in [0.4, 0.5) is 0 Å². The van der Waals surface area contributed by atoms with Crippen molar-refractivity contribution in [3.63, 3.8) is 0 Å². The number of aryl methyl sites for hydroxylation is 1. The molecule has 0 saturated heterocycles. The number of carbonyl (C=O) groups excluding carboxylic acids is 1. The third-order valence-electron chi connectivity index (χ3n) is 2.66. The number of benzene rings is 1. The second-order valence-electron chi connectivity index (χ2n) is 3.96. The lowest BCUT2D eigenvalue weighted by atomic mass is 10.1. The van der Waals surface area contributed by atoms with E-state index in [0.29, 0.717) is 6.42 Å². The van der Waals surface area contributed by atoms with Crippen LogP contribution >= 0.6 is 27.3 Å². The number of carbonyl (C=O) groups is 1. The molecular weight excluding hydrogens is 312 g/mol. The van der Waals surface area contributed by atoms with E-state index in [1.807, 2.05) is 37.3 Å². The van der Waals surface area contributed by atoms with Gasteiger partial charge in [0.15, 0.2) is 5.78 Å². The summed E-state index contributed by atoms with van der Waals surface area (Å²) >= 11 is 4.96. The lowest BCUT2D eigenvalue weighted by molar-refractivity contribution is 0.0997. The second-order valence-corrected chi connectivity index (χ2v) is 6.07. The molecule has 0 aliphatic carbocycles. The van der Waals surface area contributed by atoms with Crippen molar-refractivity contribution >= 4 is 33.0 Å². The van der Waals surface area contributed by atoms with Crippen molar-refractivity contribution in [2.75, 3.05) is 7.11 Å². The molecule has 0 bridgehead atoms. The number of hydrogen-bond acceptors (Lipinski definition) is 3. The van der Waals surface area contributed by atoms with Crippen molar-refractivity contribution < 1.29 is 9.53 Å². The maximum absolute atomic E-state index is 12.1. The number of halogens is 1. The predicted molar refractivity (Wildman–Crippen MR) is 77.8 cm³/mol. The normalized spacial score (nSPS) is 10.4. The lowest BCUT2D eigenvalue weighted by Gasteiger charge is -2.02. The second kappa shape index (κ2) is 5.67. The zero-order chi connectivity index (χ0) is 13.1. The van der Waals surface area contributed by atoms with Crippen LogP contribution < -0.4 is 4.74 Å². The molecule has 94 valence electrons. The summed E-state index contributed by atoms with van der Waals surface area (Å²) in [7, 11) is 1.63. The summed E-state index contributed by atoms with van der Waals surface area (Å²) in [4.78, 5) is 14.0. The van der Waals surface area contributed by atoms with Gasteiger partial charge in [-0.1, -0.05) is 12.1 Å². The largest absolute Gasteiger partial charge is 0.497 e. The van der Waals surface area contributed by atoms with E-state index in [9.17, 15) is 4.79 Å². The molecular formula is C14H13BrO2S. The Hall–Kier alpha value is -1.13. The van der Waals surface area contributed by atoms with E-state index in [1.165, 1.54) is 11.3 Å². The van der Waals surface area contributed by atoms with Crippen molar-refractivity contribution in [2.24, 2.45) is 0 Å². The minimum Gasteiger partial charge on any atom is -0.497 e. The Morgan fingerprint density at radius 1 is 1.33 bits per heavy atom. The molecule has 0 spiro atoms. The van der Waals surface area contributed by atoms with Gasteiger partial charge in [0.05, 0.1) is 12.0 Å². The van der Waals surface area contributed by atoms with E-state index in [2.05, 4.69) is 15.9 Å². The smallest absolute Gasteiger partial charge is 0.177 e. The third kappa shape index (κ3) is 3.00. The van der Waals surface area contributed by atoms with Crippen molar-refractivity contribution in [1.82, 2.24) is 0 Å². The van der Waals surface area contributed by atoms with Crippen LogP contribution in [0.5, 0.6) is 5.75 Å². The van der Waals surface area contributed by atoms with E-state index < -0.39 is 0 Å². The number of thiophene rings is 1. The molecule has 0 fully saturated rings. The van der Waals surface area contributed by atoms with Gasteiger partial charge in [-0.3, -0.25) is 4.79 Å². The minimum atomic E-state index is 0.152. The quantitative estimate of drug-likeness (QED) is 0.786. The highest BCUT2D eigenvalue weighted by Gasteiger charge is 2.11. The van der Waals surface area contributed by atoms with Crippen LogP contribution in [0.25, 0.3) is 0 Å². The van der Waals surface area contributed by atoms with Crippen LogP contribution in [-0.2, 0) is 6.42 Å². The first-order valence-corrected chi connectivity index (χ1v) is 7.13. The molecule has 0 radical (unpaired) electrons. The zero-order valence-electron chi connectivity index (χ0n) is 10.2. The maximum Gasteiger partial charge on any atom is 0.177 e. The average Bonchev–Trinajstić information content (AvgIpc) is 2.71. The number of rotatable bonds is 4. The summed E-state index contributed by atoms with van der Waals surface area (Å²) in [5.74, 6) is 0.958. The maximum atomic E-state index is 12.1. The summed E-state index contributed by atoms with van der Waals surface area (Å²) in [6.45, 7) is 2.00. The van der Waals surface area contributed by atoms with Gasteiger partial charge in [0.1, 0.15) is 5.75 Å². The fourth-order valence-corrected chi connectivity index (χ4v) is 3.09. The highest BCUT2D eigenvalue weighted by Crippen LogP contribution is 2.27. The molecule has 1 aromatic carbocycles. The number of Topliss-reactive ketones (excluding diaryl/α,β-unsaturated/α-hetero) is 1. The molecule has 2 aromatic rings. The molecule has 1 aromatic heterocycles. The van der Waals surface area contributed by atoms with Crippen LogP contribution in [0.2, 0.25) is 0 Å². The van der Waals surface area contributed by atoms with E-state index in [4.69, 9.17) is 4.74 Å². The van der Waals surface area contributed by atoms with E-state index in [0.717, 1.165) is 25.5 Å². The van der Waals surface area contributed by atoms with Crippen LogP contribution in [0.1, 0.15) is 20.1 Å². The number of methoxy groups -OCH3 is 1. The van der Waals surface area contributed by atoms with Gasteiger partial charge in [-0.15, -0.1) is 11.3 Å². The van der Waals surface area contributed by atoms with Crippen LogP contribution in [0.3, 0.4) is 0 Å². The molecule has 18 heavy (non-hydrogen) atoms. The standard InChI is InChI=1S/C14H13BrO2S/c1-9-12(15)8-14(18-9)13(16)7-10-3-5-11(17-2)6-4-10/h3-6,8H,7H2,1-2H3. The molecule has 4 heteroatoms. The molecule has 0 saturated carbocycles. The Bertz CT molecular complexity index is 538. The Kier molecular flexibility index (Phi) is 4.19. The summed E-state index contributed by atoms with van der Waals surface area (Å²) in [5, 5.41) is 0. The van der Waals surface area contributed by atoms with Gasteiger partial charge in [-0.2, -0.15) is 0 Å². The fourth-order valence-electron chi connectivity index (χ4n) is 1.61. The topological polar surface area (TPSA) is 26.3 Å². The van der Waals surface area contributed by atoms with Crippen LogP contribution in [-0.4, -0.2) is 12.9 Å². The molecule has 2 rings (SSSR count). The predicted octanol–water partition coefficient (Wildman–Crippen LogP) is 4.25. The monoisotopic (exact) mass is 324 g/mol. The first-order chi connectivity index (χ1) is 8.60. The Morgan fingerprint density at radius 2 is 2.00 bits per heavy atom. The summed E-state index contributed by atoms with van der Waals surface area (Å²) in [5.41, 5.74) is 1.00. The molecule has 0 N–H and O–H groups in total. The summed E-state index contributed by atoms with van der Waals surface area (Å²) in [6.07, 6.45) is 0.427. The SMILES string of the molecule is COc1ccc(CC(=O)c2cc(Br)c(C)s2)cc1. The molecule has 0 aliphatic heterocycles. The van der Waals surface area contributed by atoms with Gasteiger partial charge >= 0.3 is 0 Å². The first-order valence-electron chi connectivity index (χ1n) is 5.52. The van der Waals surface area contributed by atoms with E-state index in [-0.39, 0.29) is 5.78 Å². The number of hydrogen-bond donors (Lipinski definition) is 0. The van der Waals surface area contributed by atoms with Gasteiger partial charge in [0, 0.05) is 15.8 Å².